The maximum absolute atomic E-state index is 13.0. The van der Waals surface area contributed by atoms with Crippen LogP contribution in [0, 0.1) is 10.4 Å². The van der Waals surface area contributed by atoms with E-state index in [0.29, 0.717) is 10.8 Å². The molecule has 2 aliphatic rings. The molecule has 8 nitrogen and oxygen atoms in total. The maximum atomic E-state index is 13.0. The largest absolute Gasteiger partial charge is 0.507 e. The Kier molecular flexibility index (Phi) is 4.37. The van der Waals surface area contributed by atoms with E-state index in [1.807, 2.05) is 0 Å². The predicted octanol–water partition coefficient (Wildman–Crippen LogP) is 3.10. The van der Waals surface area contributed by atoms with E-state index in [-0.39, 0.29) is 44.5 Å². The van der Waals surface area contributed by atoms with Gasteiger partial charge in [0.25, 0.3) is 0 Å². The molecule has 0 spiro atoms. The van der Waals surface area contributed by atoms with Gasteiger partial charge in [-0.1, -0.05) is 24.3 Å². The van der Waals surface area contributed by atoms with E-state index in [0.717, 1.165) is 12.1 Å². The highest BCUT2D eigenvalue weighted by Crippen LogP contribution is 2.48. The van der Waals surface area contributed by atoms with Crippen LogP contribution in [0.2, 0.25) is 0 Å². The fraction of sp³-hybridized carbons (Fsp3) is 0. The Hall–Kier alpha value is -5.24. The minimum atomic E-state index is -0.774. The summed E-state index contributed by atoms with van der Waals surface area (Å²) in [5.74, 6) is -0.852. The van der Waals surface area contributed by atoms with Gasteiger partial charge in [0, 0.05) is 26.9 Å². The summed E-state index contributed by atoms with van der Waals surface area (Å²) in [7, 11) is 0. The van der Waals surface area contributed by atoms with Gasteiger partial charge < -0.3 is 20.1 Å². The third kappa shape index (κ3) is 2.81. The van der Waals surface area contributed by atoms with Crippen LogP contribution in [0.4, 0.5) is 0 Å². The van der Waals surface area contributed by atoms with Crippen molar-refractivity contribution < 1.29 is 20.1 Å². The molecule has 3 N–H and O–H groups in total. The van der Waals surface area contributed by atoms with Crippen LogP contribution in [-0.2, 0) is 0 Å². The van der Waals surface area contributed by atoms with Gasteiger partial charge in [-0.25, -0.2) is 0 Å². The van der Waals surface area contributed by atoms with E-state index in [1.54, 1.807) is 24.3 Å². The Morgan fingerprint density at radius 1 is 0.528 bits per heavy atom. The molecule has 0 amide bonds. The fourth-order valence-electron chi connectivity index (χ4n) is 4.65. The van der Waals surface area contributed by atoms with Crippen LogP contribution in [0.3, 0.4) is 0 Å². The van der Waals surface area contributed by atoms with Gasteiger partial charge in [-0.3, -0.25) is 19.2 Å². The zero-order valence-corrected chi connectivity index (χ0v) is 18.2. The van der Waals surface area contributed by atoms with Crippen molar-refractivity contribution in [2.45, 2.75) is 0 Å². The number of rotatable bonds is 2. The normalized spacial score (nSPS) is 11.6. The molecule has 174 valence electrons. The van der Waals surface area contributed by atoms with Gasteiger partial charge in [0.05, 0.1) is 15.8 Å². The zero-order valence-electron chi connectivity index (χ0n) is 18.2. The average molecular weight is 478 g/mol. The van der Waals surface area contributed by atoms with Gasteiger partial charge >= 0.3 is 0 Å². The second-order valence-electron chi connectivity index (χ2n) is 8.36. The number of fused-ring (bicyclic) bond motifs is 3. The molecule has 8 heteroatoms. The molecule has 0 atom stereocenters. The monoisotopic (exact) mass is 478 g/mol. The molecule has 0 unspecified atom stereocenters. The lowest BCUT2D eigenvalue weighted by atomic mass is 9.99. The third-order valence-electron chi connectivity index (χ3n) is 6.36. The van der Waals surface area contributed by atoms with Crippen molar-refractivity contribution in [1.82, 2.24) is 0 Å². The summed E-state index contributed by atoms with van der Waals surface area (Å²) in [6, 6.07) is 15.3. The van der Waals surface area contributed by atoms with Crippen molar-refractivity contribution in [2.24, 2.45) is 0 Å². The van der Waals surface area contributed by atoms with Gasteiger partial charge in [0.1, 0.15) is 17.2 Å². The topological polar surface area (TPSA) is 138 Å². The summed E-state index contributed by atoms with van der Waals surface area (Å²) >= 11 is 0. The second-order valence-corrected chi connectivity index (χ2v) is 8.36. The lowest BCUT2D eigenvalue weighted by molar-refractivity contribution is 0.413. The summed E-state index contributed by atoms with van der Waals surface area (Å²) in [4.78, 5) is 50.3. The summed E-state index contributed by atoms with van der Waals surface area (Å²) < 4.78 is 5.77. The quantitative estimate of drug-likeness (QED) is 0.255. The molecule has 0 fully saturated rings. The van der Waals surface area contributed by atoms with Crippen LogP contribution >= 0.6 is 0 Å². The van der Waals surface area contributed by atoms with Gasteiger partial charge in [-0.2, -0.15) is 0 Å². The van der Waals surface area contributed by atoms with Crippen LogP contribution in [0.1, 0.15) is 0 Å². The molecule has 0 heterocycles. The molecule has 0 bridgehead atoms. The average Bonchev–Trinajstić information content (AvgIpc) is 2.88. The van der Waals surface area contributed by atoms with Crippen LogP contribution in [0.25, 0.3) is 32.3 Å². The smallest absolute Gasteiger partial charge is 0.198 e. The first-order valence-corrected chi connectivity index (χ1v) is 10.8. The highest BCUT2D eigenvalue weighted by atomic mass is 16.5. The van der Waals surface area contributed by atoms with Crippen molar-refractivity contribution in [3.63, 3.8) is 0 Å². The number of hydrogen-bond donors (Lipinski definition) is 3. The molecule has 0 radical (unpaired) electrons. The van der Waals surface area contributed by atoms with Crippen molar-refractivity contribution >= 4 is 32.3 Å². The van der Waals surface area contributed by atoms with Crippen LogP contribution in [0.5, 0.6) is 28.7 Å². The fourth-order valence-corrected chi connectivity index (χ4v) is 4.65. The van der Waals surface area contributed by atoms with Crippen molar-refractivity contribution in [2.75, 3.05) is 0 Å². The Bertz CT molecular complexity index is 2190. The summed E-state index contributed by atoms with van der Waals surface area (Å²) in [6.07, 6.45) is 0. The second kappa shape index (κ2) is 7.38. The minimum Gasteiger partial charge on any atom is -0.507 e. The highest BCUT2D eigenvalue weighted by molar-refractivity contribution is 6.13. The van der Waals surface area contributed by atoms with Gasteiger partial charge in [0.15, 0.2) is 33.2 Å². The Morgan fingerprint density at radius 2 is 1.11 bits per heavy atom. The lowest BCUT2D eigenvalue weighted by Crippen LogP contribution is -2.27. The van der Waals surface area contributed by atoms with Gasteiger partial charge in [-0.15, -0.1) is 0 Å². The number of phenols is 3. The van der Waals surface area contributed by atoms with Gasteiger partial charge in [-0.05, 0) is 42.5 Å². The van der Waals surface area contributed by atoms with Crippen LogP contribution < -0.4 is 26.5 Å². The number of aromatic hydroxyl groups is 3. The van der Waals surface area contributed by atoms with E-state index >= 15 is 0 Å². The first-order valence-electron chi connectivity index (χ1n) is 10.8. The van der Waals surface area contributed by atoms with E-state index in [1.165, 1.54) is 30.3 Å². The zero-order chi connectivity index (χ0) is 25.3. The van der Waals surface area contributed by atoms with Crippen molar-refractivity contribution in [3.05, 3.63) is 118 Å². The number of hydrogen-bond acceptors (Lipinski definition) is 8. The molecule has 4 aromatic carbocycles. The molecule has 36 heavy (non-hydrogen) atoms. The summed E-state index contributed by atoms with van der Waals surface area (Å²) in [6.45, 7) is 0. The molecule has 0 saturated heterocycles. The minimum absolute atomic E-state index is 0.0270. The van der Waals surface area contributed by atoms with Crippen LogP contribution in [0.15, 0.2) is 85.9 Å². The highest BCUT2D eigenvalue weighted by Gasteiger charge is 2.19. The summed E-state index contributed by atoms with van der Waals surface area (Å²) in [5, 5.41) is 32.2. The summed E-state index contributed by atoms with van der Waals surface area (Å²) in [5.41, 5.74) is -2.93. The van der Waals surface area contributed by atoms with Gasteiger partial charge in [0.2, 0.25) is 0 Å². The van der Waals surface area contributed by atoms with Crippen LogP contribution in [-0.4, -0.2) is 15.3 Å². The van der Waals surface area contributed by atoms with E-state index < -0.39 is 37.9 Å². The first-order chi connectivity index (χ1) is 17.3. The molecule has 2 aliphatic carbocycles. The number of benzene rings is 4. The Morgan fingerprint density at radius 3 is 1.78 bits per heavy atom. The first kappa shape index (κ1) is 21.3. The molecule has 6 rings (SSSR count). The Balaban J connectivity index is 1.57. The molecule has 0 saturated carbocycles. The molecule has 0 aliphatic heterocycles. The third-order valence-corrected chi connectivity index (χ3v) is 6.36. The van der Waals surface area contributed by atoms with E-state index in [4.69, 9.17) is 4.74 Å². The standard InChI is InChI=1S/C28H14O8/c29-18-8-9-19(30)23-22(18)26(33)15-6-5-12(11-17(15)27(23)34)36-20-10-7-16-21(28(20)35)25(32)14-4-2-1-3-13(14)24(16)31/h1-11,31-32,35H. The SMILES string of the molecule is O=c1ccc(=O)c2c(=O)c3cc(Oc4ccc5c(O)c6ccccc6c(O)c5c4O)ccc3c(=O)c1=2. The lowest BCUT2D eigenvalue weighted by Gasteiger charge is -2.14. The van der Waals surface area contributed by atoms with E-state index in [2.05, 4.69) is 0 Å². The molecular formula is C28H14O8. The molecule has 4 aromatic rings. The maximum Gasteiger partial charge on any atom is 0.198 e. The van der Waals surface area contributed by atoms with E-state index in [9.17, 15) is 34.5 Å². The number of ether oxygens (including phenoxy) is 1. The number of phenolic OH excluding ortho intramolecular Hbond substituents is 3. The van der Waals surface area contributed by atoms with Crippen molar-refractivity contribution in [1.29, 1.82) is 0 Å². The predicted molar refractivity (Wildman–Crippen MR) is 133 cm³/mol. The van der Waals surface area contributed by atoms with Crippen molar-refractivity contribution in [3.8, 4) is 28.7 Å². The Labute approximate surface area is 199 Å². The molecular weight excluding hydrogens is 464 g/mol. The molecule has 0 aromatic heterocycles.